The molecule has 2 aromatic heterocycles. The van der Waals surface area contributed by atoms with Gasteiger partial charge in [0.25, 0.3) is 5.56 Å². The molecule has 0 atom stereocenters. The van der Waals surface area contributed by atoms with Crippen LogP contribution in [0.4, 0.5) is 5.69 Å². The van der Waals surface area contributed by atoms with E-state index in [-0.39, 0.29) is 30.2 Å². The molecule has 0 fully saturated rings. The molecule has 3 aromatic rings. The van der Waals surface area contributed by atoms with Crippen LogP contribution in [-0.4, -0.2) is 41.8 Å². The second-order valence-corrected chi connectivity index (χ2v) is 7.98. The van der Waals surface area contributed by atoms with Gasteiger partial charge in [-0.05, 0) is 24.6 Å². The Morgan fingerprint density at radius 3 is 2.77 bits per heavy atom. The lowest BCUT2D eigenvalue weighted by atomic mass is 10.2. The third-order valence-electron chi connectivity index (χ3n) is 4.16. The number of esters is 1. The minimum atomic E-state index is -0.549. The first kappa shape index (κ1) is 22.2. The van der Waals surface area contributed by atoms with Gasteiger partial charge in [-0.3, -0.25) is 14.2 Å². The lowest BCUT2D eigenvalue weighted by Crippen LogP contribution is -2.28. The molecule has 0 radical (unpaired) electrons. The number of anilines is 1. The number of carbonyl (C=O) groups is 2. The summed E-state index contributed by atoms with van der Waals surface area (Å²) >= 11 is 13.1. The zero-order valence-corrected chi connectivity index (χ0v) is 18.4. The van der Waals surface area contributed by atoms with Crippen molar-refractivity contribution in [2.45, 2.75) is 13.5 Å². The van der Waals surface area contributed by atoms with Crippen molar-refractivity contribution in [3.63, 3.8) is 0 Å². The molecule has 11 heteroatoms. The van der Waals surface area contributed by atoms with Crippen LogP contribution in [0, 0.1) is 6.92 Å². The van der Waals surface area contributed by atoms with Crippen LogP contribution in [0.3, 0.4) is 0 Å². The van der Waals surface area contributed by atoms with Crippen LogP contribution in [-0.2, 0) is 20.8 Å². The van der Waals surface area contributed by atoms with Crippen molar-refractivity contribution in [1.29, 1.82) is 0 Å². The molecule has 0 spiro atoms. The first-order valence-corrected chi connectivity index (χ1v) is 10.3. The molecule has 0 aliphatic heterocycles. The first-order chi connectivity index (χ1) is 14.3. The Bertz CT molecular complexity index is 1170. The summed E-state index contributed by atoms with van der Waals surface area (Å²) in [4.78, 5) is 42.4. The topological polar surface area (TPSA) is 99.5 Å². The molecule has 1 amide bonds. The van der Waals surface area contributed by atoms with Crippen LogP contribution in [0.15, 0.2) is 29.3 Å². The van der Waals surface area contributed by atoms with E-state index in [2.05, 4.69) is 10.3 Å². The van der Waals surface area contributed by atoms with E-state index in [1.165, 1.54) is 13.4 Å². The molecular weight excluding hydrogens is 453 g/mol. The molecule has 0 aliphatic rings. The van der Waals surface area contributed by atoms with Crippen LogP contribution in [0.5, 0.6) is 0 Å². The smallest absolute Gasteiger partial charge is 0.348 e. The fraction of sp³-hybridized carbons (Fsp3) is 0.263. The van der Waals surface area contributed by atoms with Crippen molar-refractivity contribution >= 4 is 62.3 Å². The molecule has 0 bridgehead atoms. The minimum absolute atomic E-state index is 0.104. The van der Waals surface area contributed by atoms with Crippen molar-refractivity contribution < 1.29 is 19.1 Å². The van der Waals surface area contributed by atoms with E-state index in [0.717, 1.165) is 15.9 Å². The summed E-state index contributed by atoms with van der Waals surface area (Å²) in [5.41, 5.74) is 0.364. The fourth-order valence-electron chi connectivity index (χ4n) is 2.69. The van der Waals surface area contributed by atoms with E-state index < -0.39 is 17.4 Å². The number of ether oxygens (including phenoxy) is 2. The number of fused-ring (bicyclic) bond motifs is 1. The quantitative estimate of drug-likeness (QED) is 0.419. The zero-order chi connectivity index (χ0) is 21.8. The number of thiophene rings is 1. The number of aryl methyl sites for hydroxylation is 1. The first-order valence-electron chi connectivity index (χ1n) is 8.72. The van der Waals surface area contributed by atoms with E-state index in [9.17, 15) is 14.4 Å². The van der Waals surface area contributed by atoms with Gasteiger partial charge in [-0.2, -0.15) is 0 Å². The molecule has 0 aliphatic carbocycles. The fourth-order valence-corrected chi connectivity index (χ4v) is 4.08. The Kier molecular flexibility index (Phi) is 7.09. The predicted octanol–water partition coefficient (Wildman–Crippen LogP) is 3.52. The Labute approximate surface area is 185 Å². The summed E-state index contributed by atoms with van der Waals surface area (Å²) in [5.74, 6) is -1.03. The highest BCUT2D eigenvalue weighted by Gasteiger charge is 2.21. The summed E-state index contributed by atoms with van der Waals surface area (Å²) in [7, 11) is 1.50. The van der Waals surface area contributed by atoms with Crippen molar-refractivity contribution in [3.05, 3.63) is 55.4 Å². The van der Waals surface area contributed by atoms with Crippen LogP contribution < -0.4 is 10.9 Å². The number of benzene rings is 1. The maximum absolute atomic E-state index is 12.9. The zero-order valence-electron chi connectivity index (χ0n) is 16.0. The number of hydrogen-bond acceptors (Lipinski definition) is 7. The SMILES string of the molecule is COCCOC(=O)c1sc2ncn(CC(=O)Nc3cccc(Cl)c3Cl)c(=O)c2c1C. The largest absolute Gasteiger partial charge is 0.459 e. The van der Waals surface area contributed by atoms with Gasteiger partial charge >= 0.3 is 5.97 Å². The Hall–Kier alpha value is -2.46. The monoisotopic (exact) mass is 469 g/mol. The molecule has 1 aromatic carbocycles. The van der Waals surface area contributed by atoms with Gasteiger partial charge in [0.15, 0.2) is 0 Å². The summed E-state index contributed by atoms with van der Waals surface area (Å²) < 4.78 is 11.1. The molecule has 3 rings (SSSR count). The van der Waals surface area contributed by atoms with Crippen LogP contribution in [0.25, 0.3) is 10.2 Å². The number of hydrogen-bond donors (Lipinski definition) is 1. The van der Waals surface area contributed by atoms with E-state index in [4.69, 9.17) is 32.7 Å². The van der Waals surface area contributed by atoms with Gasteiger partial charge in [0.2, 0.25) is 5.91 Å². The minimum Gasteiger partial charge on any atom is -0.459 e. The highest BCUT2D eigenvalue weighted by molar-refractivity contribution is 7.20. The van der Waals surface area contributed by atoms with E-state index in [1.807, 2.05) is 0 Å². The Balaban J connectivity index is 1.83. The number of carbonyl (C=O) groups excluding carboxylic acids is 2. The lowest BCUT2D eigenvalue weighted by molar-refractivity contribution is -0.116. The maximum atomic E-state index is 12.9. The summed E-state index contributed by atoms with van der Waals surface area (Å²) in [6.07, 6.45) is 1.26. The van der Waals surface area contributed by atoms with Crippen molar-refractivity contribution in [1.82, 2.24) is 9.55 Å². The Morgan fingerprint density at radius 2 is 2.03 bits per heavy atom. The average molecular weight is 470 g/mol. The van der Waals surface area contributed by atoms with Gasteiger partial charge in [-0.15, -0.1) is 11.3 Å². The molecule has 0 unspecified atom stereocenters. The molecule has 158 valence electrons. The van der Waals surface area contributed by atoms with Crippen LogP contribution in [0.2, 0.25) is 10.0 Å². The molecular formula is C19H17Cl2N3O5S. The summed E-state index contributed by atoms with van der Waals surface area (Å²) in [5, 5.41) is 3.40. The van der Waals surface area contributed by atoms with Crippen LogP contribution >= 0.6 is 34.5 Å². The van der Waals surface area contributed by atoms with Crippen molar-refractivity contribution in [2.24, 2.45) is 0 Å². The number of amides is 1. The molecule has 0 saturated heterocycles. The Morgan fingerprint density at radius 1 is 1.27 bits per heavy atom. The number of aromatic nitrogens is 2. The number of nitrogens with one attached hydrogen (secondary N) is 1. The third-order valence-corrected chi connectivity index (χ3v) is 6.16. The summed E-state index contributed by atoms with van der Waals surface area (Å²) in [6.45, 7) is 1.73. The average Bonchev–Trinajstić information content (AvgIpc) is 3.05. The number of rotatable bonds is 7. The normalized spacial score (nSPS) is 10.9. The molecule has 1 N–H and O–H groups in total. The van der Waals surface area contributed by atoms with E-state index in [1.54, 1.807) is 25.1 Å². The summed E-state index contributed by atoms with van der Waals surface area (Å²) in [6, 6.07) is 4.84. The standard InChI is InChI=1S/C19H17Cl2N3O5S/c1-10-14-17(30-16(10)19(27)29-7-6-28-2)22-9-24(18(14)26)8-13(25)23-12-5-3-4-11(20)15(12)21/h3-5,9H,6-8H2,1-2H3,(H,23,25). The predicted molar refractivity (Wildman–Crippen MR) is 116 cm³/mol. The number of halogens is 2. The van der Waals surface area contributed by atoms with Gasteiger partial charge in [-0.25, -0.2) is 9.78 Å². The third kappa shape index (κ3) is 4.65. The van der Waals surface area contributed by atoms with Gasteiger partial charge in [0, 0.05) is 7.11 Å². The van der Waals surface area contributed by atoms with Gasteiger partial charge in [0.1, 0.15) is 22.9 Å². The van der Waals surface area contributed by atoms with Gasteiger partial charge in [-0.1, -0.05) is 29.3 Å². The van der Waals surface area contributed by atoms with Crippen molar-refractivity contribution in [3.8, 4) is 0 Å². The van der Waals surface area contributed by atoms with Gasteiger partial charge < -0.3 is 14.8 Å². The lowest BCUT2D eigenvalue weighted by Gasteiger charge is -2.09. The highest BCUT2D eigenvalue weighted by atomic mass is 35.5. The number of methoxy groups -OCH3 is 1. The van der Waals surface area contributed by atoms with E-state index in [0.29, 0.717) is 26.0 Å². The second-order valence-electron chi connectivity index (χ2n) is 6.19. The van der Waals surface area contributed by atoms with Gasteiger partial charge in [0.05, 0.1) is 34.1 Å². The second kappa shape index (κ2) is 9.57. The highest BCUT2D eigenvalue weighted by Crippen LogP contribution is 2.30. The maximum Gasteiger partial charge on any atom is 0.348 e. The molecule has 2 heterocycles. The molecule has 0 saturated carbocycles. The van der Waals surface area contributed by atoms with Crippen LogP contribution in [0.1, 0.15) is 15.2 Å². The van der Waals surface area contributed by atoms with E-state index >= 15 is 0 Å². The molecule has 8 nitrogen and oxygen atoms in total. The van der Waals surface area contributed by atoms with Crippen molar-refractivity contribution in [2.75, 3.05) is 25.6 Å². The number of nitrogens with zero attached hydrogens (tertiary/aromatic N) is 2. The molecule has 30 heavy (non-hydrogen) atoms.